The minimum absolute atomic E-state index is 0.137. The highest BCUT2D eigenvalue weighted by Crippen LogP contribution is 2.23. The zero-order valence-corrected chi connectivity index (χ0v) is 19.7. The quantitative estimate of drug-likeness (QED) is 0.323. The van der Waals surface area contributed by atoms with Crippen molar-refractivity contribution < 1.29 is 19.0 Å². The van der Waals surface area contributed by atoms with Crippen LogP contribution in [0.1, 0.15) is 29.3 Å². The van der Waals surface area contributed by atoms with Crippen molar-refractivity contribution in [2.45, 2.75) is 19.9 Å². The molecule has 1 amide bonds. The van der Waals surface area contributed by atoms with E-state index in [1.807, 2.05) is 36.4 Å². The standard InChI is InChI=1S/C28H27N3O4/c1-3-16-34-25-10-4-20(5-11-25)17-29-27(32)22-8-6-21(7-9-22)23-18-30-28(31-19-23)35-26-14-12-24(33-2)13-15-26/h4-15,18-19H,3,16-17H2,1-2H3,(H,29,32). The molecule has 0 aliphatic rings. The van der Waals surface area contributed by atoms with E-state index in [9.17, 15) is 4.79 Å². The average molecular weight is 470 g/mol. The highest BCUT2D eigenvalue weighted by Gasteiger charge is 2.08. The van der Waals surface area contributed by atoms with Crippen LogP contribution in [0.5, 0.6) is 23.3 Å². The molecule has 178 valence electrons. The Balaban J connectivity index is 1.31. The third kappa shape index (κ3) is 6.57. The Morgan fingerprint density at radius 3 is 2.06 bits per heavy atom. The smallest absolute Gasteiger partial charge is 0.321 e. The van der Waals surface area contributed by atoms with Crippen molar-refractivity contribution in [3.8, 4) is 34.4 Å². The van der Waals surface area contributed by atoms with E-state index in [0.29, 0.717) is 24.5 Å². The van der Waals surface area contributed by atoms with Gasteiger partial charge in [-0.15, -0.1) is 0 Å². The van der Waals surface area contributed by atoms with Gasteiger partial charge in [-0.25, -0.2) is 9.97 Å². The number of amides is 1. The van der Waals surface area contributed by atoms with Crippen molar-refractivity contribution in [1.29, 1.82) is 0 Å². The number of nitrogens with one attached hydrogen (secondary N) is 1. The maximum absolute atomic E-state index is 12.5. The van der Waals surface area contributed by atoms with E-state index in [1.165, 1.54) is 0 Å². The minimum Gasteiger partial charge on any atom is -0.497 e. The van der Waals surface area contributed by atoms with Crippen molar-refractivity contribution in [1.82, 2.24) is 15.3 Å². The monoisotopic (exact) mass is 469 g/mol. The van der Waals surface area contributed by atoms with E-state index in [-0.39, 0.29) is 11.9 Å². The third-order valence-electron chi connectivity index (χ3n) is 5.23. The van der Waals surface area contributed by atoms with Crippen LogP contribution in [-0.4, -0.2) is 29.6 Å². The second-order valence-corrected chi connectivity index (χ2v) is 7.78. The van der Waals surface area contributed by atoms with Crippen LogP contribution in [0.15, 0.2) is 85.2 Å². The van der Waals surface area contributed by atoms with Crippen LogP contribution in [0.3, 0.4) is 0 Å². The first-order chi connectivity index (χ1) is 17.1. The second kappa shape index (κ2) is 11.7. The van der Waals surface area contributed by atoms with Gasteiger partial charge in [0.05, 0.1) is 13.7 Å². The zero-order valence-electron chi connectivity index (χ0n) is 19.7. The van der Waals surface area contributed by atoms with Crippen molar-refractivity contribution in [3.63, 3.8) is 0 Å². The lowest BCUT2D eigenvalue weighted by molar-refractivity contribution is 0.0951. The molecular formula is C28H27N3O4. The maximum atomic E-state index is 12.5. The van der Waals surface area contributed by atoms with Crippen molar-refractivity contribution in [2.24, 2.45) is 0 Å². The fraction of sp³-hybridized carbons (Fsp3) is 0.179. The van der Waals surface area contributed by atoms with Gasteiger partial charge in [-0.2, -0.15) is 0 Å². The van der Waals surface area contributed by atoms with Crippen molar-refractivity contribution in [2.75, 3.05) is 13.7 Å². The lowest BCUT2D eigenvalue weighted by atomic mass is 10.1. The summed E-state index contributed by atoms with van der Waals surface area (Å²) in [7, 11) is 1.61. The first kappa shape index (κ1) is 23.8. The molecule has 1 heterocycles. The topological polar surface area (TPSA) is 82.6 Å². The molecule has 0 saturated carbocycles. The van der Waals surface area contributed by atoms with E-state index < -0.39 is 0 Å². The maximum Gasteiger partial charge on any atom is 0.321 e. The summed E-state index contributed by atoms with van der Waals surface area (Å²) in [5.74, 6) is 2.07. The van der Waals surface area contributed by atoms with Gasteiger partial charge in [-0.05, 0) is 66.1 Å². The summed E-state index contributed by atoms with van der Waals surface area (Å²) in [4.78, 5) is 21.1. The molecule has 7 heteroatoms. The lowest BCUT2D eigenvalue weighted by Gasteiger charge is -2.08. The molecule has 4 aromatic rings. The Morgan fingerprint density at radius 1 is 0.800 bits per heavy atom. The van der Waals surface area contributed by atoms with Gasteiger partial charge in [0.15, 0.2) is 0 Å². The fourth-order valence-corrected chi connectivity index (χ4v) is 3.29. The van der Waals surface area contributed by atoms with Crippen LogP contribution in [-0.2, 0) is 6.54 Å². The van der Waals surface area contributed by atoms with Crippen LogP contribution >= 0.6 is 0 Å². The summed E-state index contributed by atoms with van der Waals surface area (Å²) in [6.45, 7) is 3.21. The number of hydrogen-bond donors (Lipinski definition) is 1. The number of ether oxygens (including phenoxy) is 3. The summed E-state index contributed by atoms with van der Waals surface area (Å²) >= 11 is 0. The number of carbonyl (C=O) groups is 1. The molecule has 0 atom stereocenters. The molecule has 35 heavy (non-hydrogen) atoms. The predicted octanol–water partition coefficient (Wildman–Crippen LogP) is 5.66. The number of carbonyl (C=O) groups excluding carboxylic acids is 1. The highest BCUT2D eigenvalue weighted by molar-refractivity contribution is 5.94. The zero-order chi connectivity index (χ0) is 24.5. The van der Waals surface area contributed by atoms with Crippen molar-refractivity contribution in [3.05, 3.63) is 96.3 Å². The average Bonchev–Trinajstić information content (AvgIpc) is 2.92. The number of aromatic nitrogens is 2. The molecule has 0 aliphatic carbocycles. The van der Waals surface area contributed by atoms with Crippen LogP contribution in [0.2, 0.25) is 0 Å². The molecule has 0 saturated heterocycles. The van der Waals surface area contributed by atoms with Crippen LogP contribution in [0, 0.1) is 0 Å². The molecule has 3 aromatic carbocycles. The van der Waals surface area contributed by atoms with Gasteiger partial charge in [0.2, 0.25) is 0 Å². The number of rotatable bonds is 10. The molecule has 1 N–H and O–H groups in total. The van der Waals surface area contributed by atoms with Crippen molar-refractivity contribution >= 4 is 5.91 Å². The van der Waals surface area contributed by atoms with Crippen LogP contribution in [0.4, 0.5) is 0 Å². The Morgan fingerprint density at radius 2 is 1.43 bits per heavy atom. The molecule has 0 spiro atoms. The SMILES string of the molecule is CCCOc1ccc(CNC(=O)c2ccc(-c3cnc(Oc4ccc(OC)cc4)nc3)cc2)cc1. The van der Waals surface area contributed by atoms with E-state index in [0.717, 1.165) is 34.6 Å². The number of methoxy groups -OCH3 is 1. The Bertz CT molecular complexity index is 1220. The second-order valence-electron chi connectivity index (χ2n) is 7.78. The summed E-state index contributed by atoms with van der Waals surface area (Å²) in [6.07, 6.45) is 4.34. The number of benzene rings is 3. The fourth-order valence-electron chi connectivity index (χ4n) is 3.29. The first-order valence-electron chi connectivity index (χ1n) is 11.4. The summed E-state index contributed by atoms with van der Waals surface area (Å²) in [5.41, 5.74) is 3.31. The first-order valence-corrected chi connectivity index (χ1v) is 11.4. The predicted molar refractivity (Wildman–Crippen MR) is 134 cm³/mol. The Hall–Kier alpha value is -4.39. The molecule has 0 unspecified atom stereocenters. The molecule has 0 fully saturated rings. The van der Waals surface area contributed by atoms with Gasteiger partial charge in [0.1, 0.15) is 17.2 Å². The van der Waals surface area contributed by atoms with Crippen LogP contribution in [0.25, 0.3) is 11.1 Å². The van der Waals surface area contributed by atoms with E-state index >= 15 is 0 Å². The lowest BCUT2D eigenvalue weighted by Crippen LogP contribution is -2.22. The number of nitrogens with zero attached hydrogens (tertiary/aromatic N) is 2. The Kier molecular flexibility index (Phi) is 7.91. The highest BCUT2D eigenvalue weighted by atomic mass is 16.5. The van der Waals surface area contributed by atoms with E-state index in [4.69, 9.17) is 14.2 Å². The Labute approximate surface area is 204 Å². The van der Waals surface area contributed by atoms with Gasteiger partial charge in [-0.1, -0.05) is 31.2 Å². The van der Waals surface area contributed by atoms with Gasteiger partial charge in [0, 0.05) is 30.1 Å². The van der Waals surface area contributed by atoms with Gasteiger partial charge < -0.3 is 19.5 Å². The van der Waals surface area contributed by atoms with E-state index in [2.05, 4.69) is 22.2 Å². The summed E-state index contributed by atoms with van der Waals surface area (Å²) in [5, 5.41) is 2.95. The molecule has 0 radical (unpaired) electrons. The molecule has 0 aliphatic heterocycles. The summed E-state index contributed by atoms with van der Waals surface area (Å²) in [6, 6.07) is 22.5. The van der Waals surface area contributed by atoms with Gasteiger partial charge in [0.25, 0.3) is 5.91 Å². The molecule has 0 bridgehead atoms. The molecule has 4 rings (SSSR count). The van der Waals surface area contributed by atoms with Gasteiger partial charge in [-0.3, -0.25) is 4.79 Å². The molecule has 7 nitrogen and oxygen atoms in total. The van der Waals surface area contributed by atoms with E-state index in [1.54, 1.807) is 55.9 Å². The minimum atomic E-state index is -0.137. The third-order valence-corrected chi connectivity index (χ3v) is 5.23. The molecule has 1 aromatic heterocycles. The molecular weight excluding hydrogens is 442 g/mol. The normalized spacial score (nSPS) is 10.5. The van der Waals surface area contributed by atoms with Gasteiger partial charge >= 0.3 is 6.01 Å². The largest absolute Gasteiger partial charge is 0.497 e. The number of hydrogen-bond acceptors (Lipinski definition) is 6. The van der Waals surface area contributed by atoms with Crippen LogP contribution < -0.4 is 19.5 Å². The summed E-state index contributed by atoms with van der Waals surface area (Å²) < 4.78 is 16.4.